The maximum Gasteiger partial charge on any atom is 0.249 e. The summed E-state index contributed by atoms with van der Waals surface area (Å²) in [5.74, 6) is 0.479. The molecule has 1 N–H and O–H groups in total. The lowest BCUT2D eigenvalue weighted by Crippen LogP contribution is -2.43. The highest BCUT2D eigenvalue weighted by atomic mass is 16.5. The zero-order chi connectivity index (χ0) is 13.9. The Hall–Kier alpha value is -0.610. The Kier molecular flexibility index (Phi) is 4.85. The Morgan fingerprint density at radius 3 is 2.58 bits per heavy atom. The predicted molar refractivity (Wildman–Crippen MR) is 73.9 cm³/mol. The van der Waals surface area contributed by atoms with Crippen molar-refractivity contribution in [2.75, 3.05) is 19.8 Å². The molecule has 2 rings (SSSR count). The molecule has 2 aliphatic heterocycles. The lowest BCUT2D eigenvalue weighted by Gasteiger charge is -2.31. The minimum atomic E-state index is -0.232. The lowest BCUT2D eigenvalue weighted by molar-refractivity contribution is -0.135. The van der Waals surface area contributed by atoms with Crippen LogP contribution in [-0.4, -0.2) is 37.9 Å². The van der Waals surface area contributed by atoms with Crippen LogP contribution in [0.1, 0.15) is 46.5 Å². The van der Waals surface area contributed by atoms with Crippen molar-refractivity contribution in [3.8, 4) is 0 Å². The number of nitrogens with one attached hydrogen (secondary N) is 1. The number of hydrogen-bond donors (Lipinski definition) is 1. The molecule has 0 bridgehead atoms. The van der Waals surface area contributed by atoms with Crippen molar-refractivity contribution in [2.24, 2.45) is 11.3 Å². The van der Waals surface area contributed by atoms with E-state index in [-0.39, 0.29) is 23.5 Å². The third kappa shape index (κ3) is 3.93. The second kappa shape index (κ2) is 6.23. The van der Waals surface area contributed by atoms with E-state index in [1.165, 1.54) is 0 Å². The second-order valence-corrected chi connectivity index (χ2v) is 6.81. The second-order valence-electron chi connectivity index (χ2n) is 6.81. The molecule has 1 amide bonds. The van der Waals surface area contributed by atoms with Crippen LogP contribution in [0, 0.1) is 11.3 Å². The van der Waals surface area contributed by atoms with Gasteiger partial charge in [0.1, 0.15) is 6.10 Å². The molecule has 0 saturated carbocycles. The van der Waals surface area contributed by atoms with Crippen molar-refractivity contribution in [3.05, 3.63) is 0 Å². The predicted octanol–water partition coefficient (Wildman–Crippen LogP) is 2.12. The molecule has 1 unspecified atom stereocenters. The van der Waals surface area contributed by atoms with Crippen LogP contribution in [0.4, 0.5) is 0 Å². The summed E-state index contributed by atoms with van der Waals surface area (Å²) in [7, 11) is 0. The summed E-state index contributed by atoms with van der Waals surface area (Å²) in [5, 5.41) is 3.05. The Bertz CT molecular complexity index is 305. The van der Waals surface area contributed by atoms with Crippen molar-refractivity contribution in [3.63, 3.8) is 0 Å². The summed E-state index contributed by atoms with van der Waals surface area (Å²) in [6.07, 6.45) is 4.06. The van der Waals surface area contributed by atoms with Gasteiger partial charge in [0.05, 0.1) is 6.10 Å². The summed E-state index contributed by atoms with van der Waals surface area (Å²) in [6.45, 7) is 8.82. The van der Waals surface area contributed by atoms with E-state index in [4.69, 9.17) is 9.47 Å². The van der Waals surface area contributed by atoms with Crippen LogP contribution in [0.5, 0.6) is 0 Å². The normalized spacial score (nSPS) is 32.3. The van der Waals surface area contributed by atoms with Gasteiger partial charge >= 0.3 is 0 Å². The van der Waals surface area contributed by atoms with Crippen LogP contribution in [0.2, 0.25) is 0 Å². The van der Waals surface area contributed by atoms with Gasteiger partial charge in [-0.05, 0) is 31.1 Å². The van der Waals surface area contributed by atoms with E-state index in [9.17, 15) is 4.79 Å². The summed E-state index contributed by atoms with van der Waals surface area (Å²) >= 11 is 0. The summed E-state index contributed by atoms with van der Waals surface area (Å²) in [5.41, 5.74) is 0.132. The van der Waals surface area contributed by atoms with E-state index < -0.39 is 0 Å². The van der Waals surface area contributed by atoms with Crippen molar-refractivity contribution in [1.82, 2.24) is 5.32 Å². The average molecular weight is 269 g/mol. The van der Waals surface area contributed by atoms with Gasteiger partial charge in [-0.1, -0.05) is 20.8 Å². The Morgan fingerprint density at radius 2 is 1.95 bits per heavy atom. The Labute approximate surface area is 116 Å². The van der Waals surface area contributed by atoms with Gasteiger partial charge in [0.25, 0.3) is 0 Å². The standard InChI is InChI=1S/C15H27NO3/c1-15(2,3)13-11(7-9-19-13)10-16-14(17)12-6-4-5-8-18-12/h11-13H,4-10H2,1-3H3,(H,16,17)/t11-,12?,13+/m1/s1. The fourth-order valence-electron chi connectivity index (χ4n) is 3.09. The molecule has 4 heteroatoms. The molecule has 110 valence electrons. The molecule has 19 heavy (non-hydrogen) atoms. The number of carbonyl (C=O) groups excluding carboxylic acids is 1. The van der Waals surface area contributed by atoms with Crippen molar-refractivity contribution in [2.45, 2.75) is 58.7 Å². The fourth-order valence-corrected chi connectivity index (χ4v) is 3.09. The molecule has 0 aromatic heterocycles. The van der Waals surface area contributed by atoms with Gasteiger partial charge in [-0.15, -0.1) is 0 Å². The SMILES string of the molecule is CC(C)(C)[C@H]1OCC[C@@H]1CNC(=O)C1CCCCO1. The molecule has 2 heterocycles. The monoisotopic (exact) mass is 269 g/mol. The molecule has 4 nitrogen and oxygen atoms in total. The van der Waals surface area contributed by atoms with Crippen LogP contribution in [0.3, 0.4) is 0 Å². The van der Waals surface area contributed by atoms with Gasteiger partial charge in [-0.25, -0.2) is 0 Å². The van der Waals surface area contributed by atoms with Crippen LogP contribution < -0.4 is 5.32 Å². The molecule has 2 fully saturated rings. The molecule has 0 aromatic rings. The largest absolute Gasteiger partial charge is 0.377 e. The van der Waals surface area contributed by atoms with Crippen LogP contribution in [-0.2, 0) is 14.3 Å². The molecule has 0 radical (unpaired) electrons. The minimum Gasteiger partial charge on any atom is -0.377 e. The van der Waals surface area contributed by atoms with Gasteiger partial charge in [0.15, 0.2) is 0 Å². The van der Waals surface area contributed by atoms with Gasteiger partial charge in [0, 0.05) is 25.7 Å². The molecule has 0 aromatic carbocycles. The number of carbonyl (C=O) groups is 1. The van der Waals surface area contributed by atoms with Crippen molar-refractivity contribution in [1.29, 1.82) is 0 Å². The smallest absolute Gasteiger partial charge is 0.249 e. The first-order valence-electron chi connectivity index (χ1n) is 7.49. The molecule has 3 atom stereocenters. The maximum atomic E-state index is 12.0. The van der Waals surface area contributed by atoms with Gasteiger partial charge < -0.3 is 14.8 Å². The Balaban J connectivity index is 1.79. The molecule has 0 spiro atoms. The highest BCUT2D eigenvalue weighted by molar-refractivity contribution is 5.80. The number of hydrogen-bond acceptors (Lipinski definition) is 3. The Morgan fingerprint density at radius 1 is 1.16 bits per heavy atom. The van der Waals surface area contributed by atoms with Crippen molar-refractivity contribution < 1.29 is 14.3 Å². The zero-order valence-corrected chi connectivity index (χ0v) is 12.4. The number of amides is 1. The first-order chi connectivity index (χ1) is 8.98. The van der Waals surface area contributed by atoms with Crippen LogP contribution in [0.15, 0.2) is 0 Å². The van der Waals surface area contributed by atoms with Crippen LogP contribution >= 0.6 is 0 Å². The van der Waals surface area contributed by atoms with Gasteiger partial charge in [-0.2, -0.15) is 0 Å². The summed E-state index contributed by atoms with van der Waals surface area (Å²) in [6, 6.07) is 0. The molecular weight excluding hydrogens is 242 g/mol. The number of ether oxygens (including phenoxy) is 2. The van der Waals surface area contributed by atoms with E-state index in [0.717, 1.165) is 38.9 Å². The average Bonchev–Trinajstić information content (AvgIpc) is 2.85. The number of rotatable bonds is 3. The third-order valence-electron chi connectivity index (χ3n) is 4.08. The highest BCUT2D eigenvalue weighted by Gasteiger charge is 2.37. The van der Waals surface area contributed by atoms with E-state index in [1.807, 2.05) is 0 Å². The fraction of sp³-hybridized carbons (Fsp3) is 0.933. The zero-order valence-electron chi connectivity index (χ0n) is 12.4. The minimum absolute atomic E-state index is 0.0549. The first kappa shape index (κ1) is 14.8. The lowest BCUT2D eigenvalue weighted by atomic mass is 9.81. The van der Waals surface area contributed by atoms with E-state index >= 15 is 0 Å². The summed E-state index contributed by atoms with van der Waals surface area (Å²) in [4.78, 5) is 12.0. The van der Waals surface area contributed by atoms with E-state index in [2.05, 4.69) is 26.1 Å². The molecular formula is C15H27NO3. The van der Waals surface area contributed by atoms with Gasteiger partial charge in [0.2, 0.25) is 5.91 Å². The van der Waals surface area contributed by atoms with Gasteiger partial charge in [-0.3, -0.25) is 4.79 Å². The quantitative estimate of drug-likeness (QED) is 0.853. The van der Waals surface area contributed by atoms with Crippen molar-refractivity contribution >= 4 is 5.91 Å². The first-order valence-corrected chi connectivity index (χ1v) is 7.49. The van der Waals surface area contributed by atoms with Crippen LogP contribution in [0.25, 0.3) is 0 Å². The molecule has 2 aliphatic rings. The third-order valence-corrected chi connectivity index (χ3v) is 4.08. The molecule has 0 aliphatic carbocycles. The highest BCUT2D eigenvalue weighted by Crippen LogP contribution is 2.34. The van der Waals surface area contributed by atoms with E-state index in [1.54, 1.807) is 0 Å². The summed E-state index contributed by atoms with van der Waals surface area (Å²) < 4.78 is 11.3. The maximum absolute atomic E-state index is 12.0. The topological polar surface area (TPSA) is 47.6 Å². The van der Waals surface area contributed by atoms with E-state index in [0.29, 0.717) is 12.5 Å². The molecule has 2 saturated heterocycles.